The summed E-state index contributed by atoms with van der Waals surface area (Å²) in [6.07, 6.45) is 1.01. The summed E-state index contributed by atoms with van der Waals surface area (Å²) >= 11 is 0. The van der Waals surface area contributed by atoms with Crippen LogP contribution in [0.3, 0.4) is 0 Å². The summed E-state index contributed by atoms with van der Waals surface area (Å²) in [6.45, 7) is 1.53. The second-order valence-corrected chi connectivity index (χ2v) is 5.99. The highest BCUT2D eigenvalue weighted by Crippen LogP contribution is 2.27. The van der Waals surface area contributed by atoms with Crippen LogP contribution in [0.2, 0.25) is 0 Å². The average molecular weight is 399 g/mol. The van der Waals surface area contributed by atoms with Gasteiger partial charge in [-0.05, 0) is 24.4 Å². The van der Waals surface area contributed by atoms with Crippen molar-refractivity contribution in [3.63, 3.8) is 0 Å². The zero-order valence-corrected chi connectivity index (χ0v) is 15.3. The Morgan fingerprint density at radius 3 is 2.48 bits per heavy atom. The van der Waals surface area contributed by atoms with Crippen molar-refractivity contribution in [2.24, 2.45) is 4.99 Å². The van der Waals surface area contributed by atoms with Gasteiger partial charge in [0.25, 0.3) is 0 Å². The fourth-order valence-corrected chi connectivity index (χ4v) is 2.72. The molecule has 0 spiro atoms. The Balaban J connectivity index is 2.13. The summed E-state index contributed by atoms with van der Waals surface area (Å²) < 4.78 is 45.7. The topological polar surface area (TPSA) is 58.9 Å². The molecule has 0 radical (unpaired) electrons. The van der Waals surface area contributed by atoms with Gasteiger partial charge in [-0.3, -0.25) is 4.99 Å². The minimum atomic E-state index is -1.42. The van der Waals surface area contributed by atoms with E-state index in [4.69, 9.17) is 4.74 Å². The van der Waals surface area contributed by atoms with E-state index in [0.29, 0.717) is 11.8 Å². The number of aliphatic imine (C=N–C) groups is 1. The lowest BCUT2D eigenvalue weighted by Gasteiger charge is -2.09. The third-order valence-electron chi connectivity index (χ3n) is 4.11. The number of fused-ring (bicyclic) bond motifs is 1. The maximum absolute atomic E-state index is 14.1. The first kappa shape index (κ1) is 20.1. The molecule has 0 aliphatic heterocycles. The van der Waals surface area contributed by atoms with E-state index in [1.807, 2.05) is 30.3 Å². The lowest BCUT2D eigenvalue weighted by molar-refractivity contribution is -0.137. The Morgan fingerprint density at radius 1 is 1.03 bits per heavy atom. The molecule has 0 heterocycles. The predicted octanol–water partition coefficient (Wildman–Crippen LogP) is 5.49. The van der Waals surface area contributed by atoms with E-state index in [9.17, 15) is 23.1 Å². The molecule has 0 fully saturated rings. The van der Waals surface area contributed by atoms with Crippen LogP contribution < -0.4 is 0 Å². The summed E-state index contributed by atoms with van der Waals surface area (Å²) in [5, 5.41) is 12.1. The molecule has 0 aliphatic rings. The molecule has 7 heteroatoms. The number of aliphatic hydroxyl groups is 1. The molecule has 3 aromatic carbocycles. The third kappa shape index (κ3) is 4.29. The number of carbonyl (C=O) groups excluding carboxylic acids is 1. The van der Waals surface area contributed by atoms with Crippen LogP contribution in [0.4, 0.5) is 18.9 Å². The van der Waals surface area contributed by atoms with E-state index >= 15 is 0 Å². The first-order valence-electron chi connectivity index (χ1n) is 8.69. The van der Waals surface area contributed by atoms with E-state index in [2.05, 4.69) is 4.99 Å². The van der Waals surface area contributed by atoms with Gasteiger partial charge in [-0.2, -0.15) is 0 Å². The summed E-state index contributed by atoms with van der Waals surface area (Å²) in [4.78, 5) is 16.5. The van der Waals surface area contributed by atoms with Crippen LogP contribution >= 0.6 is 0 Å². The van der Waals surface area contributed by atoms with E-state index in [0.717, 1.165) is 17.0 Å². The van der Waals surface area contributed by atoms with E-state index in [-0.39, 0.29) is 12.7 Å². The van der Waals surface area contributed by atoms with Crippen molar-refractivity contribution in [3.8, 4) is 0 Å². The molecule has 1 N–H and O–H groups in total. The number of carbonyl (C=O) groups is 1. The number of esters is 1. The highest BCUT2D eigenvalue weighted by atomic mass is 19.2. The van der Waals surface area contributed by atoms with E-state index in [1.165, 1.54) is 0 Å². The smallest absolute Gasteiger partial charge is 0.343 e. The monoisotopic (exact) mass is 399 g/mol. The molecular formula is C22H16F3NO3. The van der Waals surface area contributed by atoms with Gasteiger partial charge in [-0.1, -0.05) is 36.4 Å². The molecule has 0 saturated carbocycles. The Labute approximate surface area is 164 Å². The lowest BCUT2D eigenvalue weighted by Crippen LogP contribution is -2.12. The highest BCUT2D eigenvalue weighted by molar-refractivity contribution is 6.16. The van der Waals surface area contributed by atoms with Crippen LogP contribution in [0.25, 0.3) is 16.5 Å². The van der Waals surface area contributed by atoms with E-state index < -0.39 is 40.3 Å². The Kier molecular flexibility index (Phi) is 5.97. The molecule has 3 rings (SSSR count). The predicted molar refractivity (Wildman–Crippen MR) is 105 cm³/mol. The number of nitrogens with zero attached hydrogens (tertiary/aromatic N) is 1. The minimum absolute atomic E-state index is 0.0159. The van der Waals surface area contributed by atoms with Gasteiger partial charge >= 0.3 is 5.97 Å². The standard InChI is InChI=1S/C22H16F3NO3/c1-2-29-22(28)16(21(27)15-10-18(24)19(25)11-17(15)23)12-26-20-9-5-7-13-6-3-4-8-14(13)20/h3-12,27H,2H2,1H3/b21-16+,26-12?. The number of ether oxygens (including phenoxy) is 1. The van der Waals surface area contributed by atoms with E-state index in [1.54, 1.807) is 19.1 Å². The van der Waals surface area contributed by atoms with Gasteiger partial charge in [0.2, 0.25) is 0 Å². The Bertz CT molecular complexity index is 1130. The quantitative estimate of drug-likeness (QED) is 0.203. The van der Waals surface area contributed by atoms with Crippen LogP contribution in [-0.4, -0.2) is 23.9 Å². The number of hydrogen-bond acceptors (Lipinski definition) is 4. The van der Waals surface area contributed by atoms with Crippen molar-refractivity contribution in [2.45, 2.75) is 6.92 Å². The van der Waals surface area contributed by atoms with Crippen molar-refractivity contribution in [1.29, 1.82) is 0 Å². The first-order chi connectivity index (χ1) is 13.9. The van der Waals surface area contributed by atoms with Crippen LogP contribution in [0.1, 0.15) is 12.5 Å². The van der Waals surface area contributed by atoms with Crippen LogP contribution in [0.15, 0.2) is 65.2 Å². The average Bonchev–Trinajstić information content (AvgIpc) is 2.71. The Morgan fingerprint density at radius 2 is 1.72 bits per heavy atom. The van der Waals surface area contributed by atoms with Crippen molar-refractivity contribution in [2.75, 3.05) is 6.61 Å². The summed E-state index contributed by atoms with van der Waals surface area (Å²) in [5.74, 6) is -5.92. The van der Waals surface area contributed by atoms with Gasteiger partial charge in [-0.15, -0.1) is 0 Å². The second-order valence-electron chi connectivity index (χ2n) is 5.99. The van der Waals surface area contributed by atoms with Crippen molar-refractivity contribution < 1.29 is 27.8 Å². The molecule has 0 saturated heterocycles. The number of hydrogen-bond donors (Lipinski definition) is 1. The SMILES string of the molecule is CCOC(=O)/C(C=Nc1cccc2ccccc12)=C(/O)c1cc(F)c(F)cc1F. The second kappa shape index (κ2) is 8.60. The third-order valence-corrected chi connectivity index (χ3v) is 4.11. The zero-order valence-electron chi connectivity index (χ0n) is 15.3. The largest absolute Gasteiger partial charge is 0.506 e. The van der Waals surface area contributed by atoms with Crippen molar-refractivity contribution in [1.82, 2.24) is 0 Å². The van der Waals surface area contributed by atoms with Gasteiger partial charge in [0.05, 0.1) is 17.9 Å². The van der Waals surface area contributed by atoms with Gasteiger partial charge in [-0.25, -0.2) is 18.0 Å². The highest BCUT2D eigenvalue weighted by Gasteiger charge is 2.21. The zero-order chi connectivity index (χ0) is 21.0. The summed E-state index contributed by atoms with van der Waals surface area (Å²) in [7, 11) is 0. The molecular weight excluding hydrogens is 383 g/mol. The maximum Gasteiger partial charge on any atom is 0.343 e. The van der Waals surface area contributed by atoms with Crippen LogP contribution in [0, 0.1) is 17.5 Å². The Hall–Kier alpha value is -3.61. The molecule has 4 nitrogen and oxygen atoms in total. The fraction of sp³-hybridized carbons (Fsp3) is 0.0909. The number of aliphatic hydroxyl groups excluding tert-OH is 1. The van der Waals surface area contributed by atoms with Gasteiger partial charge in [0.1, 0.15) is 17.1 Å². The molecule has 0 aliphatic carbocycles. The molecule has 29 heavy (non-hydrogen) atoms. The molecule has 0 unspecified atom stereocenters. The first-order valence-corrected chi connectivity index (χ1v) is 8.69. The fourth-order valence-electron chi connectivity index (χ4n) is 2.72. The molecule has 0 amide bonds. The van der Waals surface area contributed by atoms with Crippen LogP contribution in [0.5, 0.6) is 0 Å². The molecule has 0 bridgehead atoms. The van der Waals surface area contributed by atoms with Gasteiger partial charge in [0, 0.05) is 17.7 Å². The number of benzene rings is 3. The molecule has 0 atom stereocenters. The van der Waals surface area contributed by atoms with Gasteiger partial charge in [0.15, 0.2) is 11.6 Å². The number of rotatable bonds is 5. The maximum atomic E-state index is 14.1. The summed E-state index contributed by atoms with van der Waals surface area (Å²) in [6, 6.07) is 13.5. The number of halogens is 3. The van der Waals surface area contributed by atoms with Crippen molar-refractivity contribution in [3.05, 3.63) is 83.2 Å². The molecule has 0 aromatic heterocycles. The van der Waals surface area contributed by atoms with Crippen LogP contribution in [-0.2, 0) is 9.53 Å². The van der Waals surface area contributed by atoms with Gasteiger partial charge < -0.3 is 9.84 Å². The summed E-state index contributed by atoms with van der Waals surface area (Å²) in [5.41, 5.74) is -0.690. The minimum Gasteiger partial charge on any atom is -0.506 e. The van der Waals surface area contributed by atoms with Crippen molar-refractivity contribution >= 4 is 34.4 Å². The normalized spacial score (nSPS) is 12.3. The lowest BCUT2D eigenvalue weighted by atomic mass is 10.1. The molecule has 148 valence electrons. The molecule has 3 aromatic rings.